The standard InChI is InChI=1S/C15H17N3O4S/c1-10-7-17(4-5-19-10)8-18-15(23)22-14(16-18)11-2-3-12-13(6-11)21-9-20-12/h2-3,6,10H,4-5,7-9H2,1H3/t10-/m1/s1. The number of nitrogens with zero attached hydrogens (tertiary/aromatic N) is 3. The van der Waals surface area contributed by atoms with E-state index in [4.69, 9.17) is 30.8 Å². The molecule has 0 bridgehead atoms. The van der Waals surface area contributed by atoms with E-state index in [-0.39, 0.29) is 12.9 Å². The van der Waals surface area contributed by atoms with Gasteiger partial charge in [0.15, 0.2) is 11.5 Å². The summed E-state index contributed by atoms with van der Waals surface area (Å²) in [7, 11) is 0. The summed E-state index contributed by atoms with van der Waals surface area (Å²) in [6.07, 6.45) is 0.221. The van der Waals surface area contributed by atoms with Gasteiger partial charge in [-0.3, -0.25) is 4.90 Å². The van der Waals surface area contributed by atoms with Crippen LogP contribution >= 0.6 is 12.2 Å². The molecule has 1 fully saturated rings. The van der Waals surface area contributed by atoms with Crippen molar-refractivity contribution in [2.45, 2.75) is 19.7 Å². The Balaban J connectivity index is 1.56. The van der Waals surface area contributed by atoms with Crippen LogP contribution in [0, 0.1) is 4.84 Å². The highest BCUT2D eigenvalue weighted by Gasteiger charge is 2.20. The van der Waals surface area contributed by atoms with Gasteiger partial charge in [0, 0.05) is 18.7 Å². The Labute approximate surface area is 138 Å². The molecule has 1 aromatic carbocycles. The molecule has 0 unspecified atom stereocenters. The van der Waals surface area contributed by atoms with Gasteiger partial charge in [-0.2, -0.15) is 0 Å². The summed E-state index contributed by atoms with van der Waals surface area (Å²) in [4.78, 5) is 2.60. The molecule has 2 aliphatic rings. The normalized spacial score (nSPS) is 20.8. The molecule has 4 rings (SSSR count). The van der Waals surface area contributed by atoms with Crippen LogP contribution in [0.2, 0.25) is 0 Å². The van der Waals surface area contributed by atoms with E-state index in [1.807, 2.05) is 18.2 Å². The second kappa shape index (κ2) is 5.95. The maximum absolute atomic E-state index is 5.64. The average molecular weight is 335 g/mol. The third-order valence-electron chi connectivity index (χ3n) is 3.88. The minimum absolute atomic E-state index is 0.221. The van der Waals surface area contributed by atoms with Gasteiger partial charge in [-0.25, -0.2) is 4.68 Å². The number of hydrogen-bond acceptors (Lipinski definition) is 7. The number of rotatable bonds is 3. The second-order valence-corrected chi connectivity index (χ2v) is 5.99. The number of morpholine rings is 1. The molecule has 0 aliphatic carbocycles. The molecule has 2 aromatic rings. The van der Waals surface area contributed by atoms with Crippen molar-refractivity contribution in [2.24, 2.45) is 0 Å². The van der Waals surface area contributed by atoms with Gasteiger partial charge in [-0.1, -0.05) is 0 Å². The first kappa shape index (κ1) is 14.7. The van der Waals surface area contributed by atoms with E-state index >= 15 is 0 Å². The fourth-order valence-electron chi connectivity index (χ4n) is 2.75. The van der Waals surface area contributed by atoms with Crippen LogP contribution in [-0.2, 0) is 11.4 Å². The fraction of sp³-hybridized carbons (Fsp3) is 0.467. The van der Waals surface area contributed by atoms with Crippen LogP contribution in [0.15, 0.2) is 22.6 Å². The smallest absolute Gasteiger partial charge is 0.288 e. The topological polar surface area (TPSA) is 61.9 Å². The lowest BCUT2D eigenvalue weighted by Crippen LogP contribution is -2.42. The van der Waals surface area contributed by atoms with Crippen molar-refractivity contribution in [3.63, 3.8) is 0 Å². The van der Waals surface area contributed by atoms with Crippen molar-refractivity contribution in [1.29, 1.82) is 0 Å². The first-order chi connectivity index (χ1) is 11.2. The van der Waals surface area contributed by atoms with E-state index < -0.39 is 0 Å². The molecule has 8 heteroatoms. The molecule has 23 heavy (non-hydrogen) atoms. The van der Waals surface area contributed by atoms with Gasteiger partial charge in [-0.05, 0) is 37.3 Å². The van der Waals surface area contributed by atoms with Crippen LogP contribution in [0.1, 0.15) is 6.92 Å². The van der Waals surface area contributed by atoms with E-state index in [9.17, 15) is 0 Å². The minimum Gasteiger partial charge on any atom is -0.454 e. The Morgan fingerprint density at radius 2 is 2.17 bits per heavy atom. The molecule has 0 saturated carbocycles. The van der Waals surface area contributed by atoms with Crippen LogP contribution in [0.3, 0.4) is 0 Å². The first-order valence-electron chi connectivity index (χ1n) is 7.51. The van der Waals surface area contributed by atoms with Gasteiger partial charge in [0.05, 0.1) is 19.4 Å². The van der Waals surface area contributed by atoms with Crippen molar-refractivity contribution in [3.8, 4) is 23.0 Å². The van der Waals surface area contributed by atoms with Gasteiger partial charge in [0.25, 0.3) is 4.84 Å². The first-order valence-corrected chi connectivity index (χ1v) is 7.92. The van der Waals surface area contributed by atoms with Crippen molar-refractivity contribution >= 4 is 12.2 Å². The molecule has 3 heterocycles. The zero-order chi connectivity index (χ0) is 15.8. The van der Waals surface area contributed by atoms with Crippen LogP contribution in [0.25, 0.3) is 11.5 Å². The van der Waals surface area contributed by atoms with Crippen molar-refractivity contribution in [3.05, 3.63) is 23.0 Å². The summed E-state index contributed by atoms with van der Waals surface area (Å²) in [6, 6.07) is 5.58. The summed E-state index contributed by atoms with van der Waals surface area (Å²) < 4.78 is 23.6. The van der Waals surface area contributed by atoms with E-state index in [0.717, 1.165) is 31.0 Å². The molecule has 122 valence electrons. The number of ether oxygens (including phenoxy) is 3. The molecule has 0 N–H and O–H groups in total. The lowest BCUT2D eigenvalue weighted by atomic mass is 10.2. The molecule has 1 atom stereocenters. The molecule has 2 aliphatic heterocycles. The predicted molar refractivity (Wildman–Crippen MR) is 83.9 cm³/mol. The molecular formula is C15H17N3O4S. The molecule has 1 aromatic heterocycles. The summed E-state index contributed by atoms with van der Waals surface area (Å²) in [5.74, 6) is 1.91. The molecule has 0 spiro atoms. The van der Waals surface area contributed by atoms with Crippen molar-refractivity contribution < 1.29 is 18.6 Å². The number of benzene rings is 1. The summed E-state index contributed by atoms with van der Waals surface area (Å²) in [6.45, 7) is 5.34. The zero-order valence-corrected chi connectivity index (χ0v) is 13.5. The fourth-order valence-corrected chi connectivity index (χ4v) is 2.93. The maximum Gasteiger partial charge on any atom is 0.288 e. The summed E-state index contributed by atoms with van der Waals surface area (Å²) in [5, 5.41) is 4.49. The van der Waals surface area contributed by atoms with Crippen molar-refractivity contribution in [2.75, 3.05) is 26.5 Å². The van der Waals surface area contributed by atoms with Crippen molar-refractivity contribution in [1.82, 2.24) is 14.7 Å². The van der Waals surface area contributed by atoms with Crippen LogP contribution < -0.4 is 9.47 Å². The number of fused-ring (bicyclic) bond motifs is 1. The minimum atomic E-state index is 0.221. The third-order valence-corrected chi connectivity index (χ3v) is 4.18. The molecule has 1 saturated heterocycles. The Bertz CT molecular complexity index is 772. The Hall–Kier alpha value is -1.90. The highest BCUT2D eigenvalue weighted by molar-refractivity contribution is 7.71. The van der Waals surface area contributed by atoms with Crippen LogP contribution in [0.4, 0.5) is 0 Å². The Morgan fingerprint density at radius 1 is 1.30 bits per heavy atom. The van der Waals surface area contributed by atoms with Gasteiger partial charge in [-0.15, -0.1) is 5.10 Å². The number of aromatic nitrogens is 2. The van der Waals surface area contributed by atoms with E-state index in [1.165, 1.54) is 0 Å². The third kappa shape index (κ3) is 2.97. The molecule has 7 nitrogen and oxygen atoms in total. The van der Waals surface area contributed by atoms with Gasteiger partial charge >= 0.3 is 0 Å². The van der Waals surface area contributed by atoms with E-state index in [2.05, 4.69) is 16.9 Å². The highest BCUT2D eigenvalue weighted by atomic mass is 32.1. The predicted octanol–water partition coefficient (Wildman–Crippen LogP) is 2.28. The Morgan fingerprint density at radius 3 is 3.04 bits per heavy atom. The number of hydrogen-bond donors (Lipinski definition) is 0. The zero-order valence-electron chi connectivity index (χ0n) is 12.7. The largest absolute Gasteiger partial charge is 0.454 e. The van der Waals surface area contributed by atoms with E-state index in [0.29, 0.717) is 23.1 Å². The lowest BCUT2D eigenvalue weighted by molar-refractivity contribution is -0.0309. The second-order valence-electron chi connectivity index (χ2n) is 5.64. The van der Waals surface area contributed by atoms with Crippen LogP contribution in [0.5, 0.6) is 11.5 Å². The molecule has 0 radical (unpaired) electrons. The average Bonchev–Trinajstić information content (AvgIpc) is 3.14. The lowest BCUT2D eigenvalue weighted by Gasteiger charge is -2.30. The van der Waals surface area contributed by atoms with Gasteiger partial charge < -0.3 is 18.6 Å². The van der Waals surface area contributed by atoms with Gasteiger partial charge in [0.1, 0.15) is 0 Å². The Kier molecular flexibility index (Phi) is 3.80. The quantitative estimate of drug-likeness (QED) is 0.797. The molecule has 0 amide bonds. The summed E-state index contributed by atoms with van der Waals surface area (Å²) >= 11 is 5.29. The highest BCUT2D eigenvalue weighted by Crippen LogP contribution is 2.35. The van der Waals surface area contributed by atoms with E-state index in [1.54, 1.807) is 4.68 Å². The molecular weight excluding hydrogens is 318 g/mol. The monoisotopic (exact) mass is 335 g/mol. The maximum atomic E-state index is 5.64. The summed E-state index contributed by atoms with van der Waals surface area (Å²) in [5.41, 5.74) is 0.814. The SMILES string of the molecule is C[C@@H]1CN(Cn2nc(-c3ccc4c(c3)OCO4)oc2=S)CCO1. The van der Waals surface area contributed by atoms with Gasteiger partial charge in [0.2, 0.25) is 12.7 Å². The van der Waals surface area contributed by atoms with Crippen LogP contribution in [-0.4, -0.2) is 47.3 Å².